The molecule has 1 amide bonds. The highest BCUT2D eigenvalue weighted by atomic mass is 32.2. The first-order valence-corrected chi connectivity index (χ1v) is 13.1. The molecular weight excluding hydrogens is 470 g/mol. The molecule has 0 fully saturated rings. The van der Waals surface area contributed by atoms with Gasteiger partial charge in [-0.05, 0) is 55.8 Å². The number of amides is 1. The van der Waals surface area contributed by atoms with Crippen molar-refractivity contribution in [1.29, 1.82) is 0 Å². The van der Waals surface area contributed by atoms with Crippen molar-refractivity contribution in [2.24, 2.45) is 0 Å². The van der Waals surface area contributed by atoms with Gasteiger partial charge < -0.3 is 4.74 Å². The molecule has 0 aliphatic carbocycles. The van der Waals surface area contributed by atoms with Gasteiger partial charge in [0.2, 0.25) is 5.91 Å². The Morgan fingerprint density at radius 3 is 2.50 bits per heavy atom. The third kappa shape index (κ3) is 5.10. The molecule has 0 atom stereocenters. The highest BCUT2D eigenvalue weighted by Crippen LogP contribution is 2.32. The lowest BCUT2D eigenvalue weighted by Crippen LogP contribution is -2.32. The molecule has 0 N–H and O–H groups in total. The van der Waals surface area contributed by atoms with E-state index in [2.05, 4.69) is 9.97 Å². The predicted molar refractivity (Wildman–Crippen MR) is 134 cm³/mol. The molecule has 4 aromatic rings. The number of pyridine rings is 1. The van der Waals surface area contributed by atoms with Crippen molar-refractivity contribution in [3.63, 3.8) is 0 Å². The molecule has 2 heterocycles. The number of thiazole rings is 1. The zero-order valence-electron chi connectivity index (χ0n) is 19.1. The van der Waals surface area contributed by atoms with E-state index in [0.29, 0.717) is 10.9 Å². The third-order valence-corrected chi connectivity index (χ3v) is 8.62. The van der Waals surface area contributed by atoms with Crippen LogP contribution < -0.4 is 9.64 Å². The summed E-state index contributed by atoms with van der Waals surface area (Å²) in [7, 11) is -1.76. The van der Waals surface area contributed by atoms with Gasteiger partial charge in [-0.2, -0.15) is 0 Å². The Morgan fingerprint density at radius 2 is 1.85 bits per heavy atom. The average Bonchev–Trinajstić information content (AvgIpc) is 3.26. The van der Waals surface area contributed by atoms with Crippen LogP contribution in [0.15, 0.2) is 71.8 Å². The van der Waals surface area contributed by atoms with Crippen LogP contribution in [0.4, 0.5) is 5.13 Å². The molecule has 2 aromatic carbocycles. The highest BCUT2D eigenvalue weighted by Gasteiger charge is 2.22. The van der Waals surface area contributed by atoms with Gasteiger partial charge in [-0.3, -0.25) is 14.7 Å². The molecule has 176 valence electrons. The summed E-state index contributed by atoms with van der Waals surface area (Å²) in [5.74, 6) is 0.541. The molecule has 0 bridgehead atoms. The second-order valence-corrected chi connectivity index (χ2v) is 11.6. The molecule has 2 aromatic heterocycles. The molecule has 0 saturated heterocycles. The highest BCUT2D eigenvalue weighted by molar-refractivity contribution is 7.92. The number of aromatic nitrogens is 2. The largest absolute Gasteiger partial charge is 0.497 e. The summed E-state index contributed by atoms with van der Waals surface area (Å²) >= 11 is 1.42. The number of carbonyl (C=O) groups excluding carboxylic acids is 1. The maximum Gasteiger partial charge on any atom is 0.233 e. The third-order valence-electron chi connectivity index (χ3n) is 5.39. The van der Waals surface area contributed by atoms with Crippen LogP contribution in [0.5, 0.6) is 5.75 Å². The number of hydrogen-bond acceptors (Lipinski definition) is 7. The van der Waals surface area contributed by atoms with E-state index < -0.39 is 15.1 Å². The summed E-state index contributed by atoms with van der Waals surface area (Å²) in [6.45, 7) is 3.57. The second kappa shape index (κ2) is 9.90. The zero-order chi connectivity index (χ0) is 24.3. The first-order valence-electron chi connectivity index (χ1n) is 10.8. The Hall–Kier alpha value is -3.30. The van der Waals surface area contributed by atoms with E-state index in [4.69, 9.17) is 4.74 Å². The minimum absolute atomic E-state index is 0.105. The molecule has 34 heavy (non-hydrogen) atoms. The minimum atomic E-state index is -3.36. The van der Waals surface area contributed by atoms with Gasteiger partial charge in [0.05, 0.1) is 46.1 Å². The van der Waals surface area contributed by atoms with Crippen molar-refractivity contribution in [3.05, 3.63) is 78.1 Å². The van der Waals surface area contributed by atoms with Crippen LogP contribution in [0.3, 0.4) is 0 Å². The Bertz CT molecular complexity index is 1400. The molecule has 0 saturated carbocycles. The molecule has 0 aliphatic heterocycles. The van der Waals surface area contributed by atoms with Gasteiger partial charge in [-0.25, -0.2) is 13.4 Å². The summed E-state index contributed by atoms with van der Waals surface area (Å²) in [6, 6.07) is 17.7. The zero-order valence-corrected chi connectivity index (χ0v) is 20.8. The van der Waals surface area contributed by atoms with E-state index in [1.807, 2.05) is 36.4 Å². The predicted octanol–water partition coefficient (Wildman–Crippen LogP) is 4.66. The number of methoxy groups -OCH3 is 1. The van der Waals surface area contributed by atoms with Crippen LogP contribution in [-0.2, 0) is 27.6 Å². The number of sulfone groups is 1. The van der Waals surface area contributed by atoms with E-state index in [1.54, 1.807) is 56.3 Å². The SMILES string of the molecule is COc1ccc2sc(N(Cc3ccccn3)C(=O)Cc3ccc(S(=O)(=O)C(C)C)cc3)nc2c1. The maximum atomic E-state index is 13.4. The second-order valence-electron chi connectivity index (χ2n) is 8.05. The summed E-state index contributed by atoms with van der Waals surface area (Å²) < 4.78 is 31.0. The van der Waals surface area contributed by atoms with Gasteiger partial charge >= 0.3 is 0 Å². The smallest absolute Gasteiger partial charge is 0.233 e. The standard InChI is InChI=1S/C25H25N3O4S2/c1-17(2)34(30,31)21-10-7-18(8-11-21)14-24(29)28(16-19-6-4-5-13-26-19)25-27-22-15-20(32-3)9-12-23(22)33-25/h4-13,15,17H,14,16H2,1-3H3. The lowest BCUT2D eigenvalue weighted by Gasteiger charge is -2.19. The van der Waals surface area contributed by atoms with Crippen molar-refractivity contribution in [2.45, 2.75) is 37.0 Å². The number of rotatable bonds is 8. The van der Waals surface area contributed by atoms with Gasteiger partial charge in [0.25, 0.3) is 0 Å². The number of carbonyl (C=O) groups is 1. The topological polar surface area (TPSA) is 89.5 Å². The van der Waals surface area contributed by atoms with Crippen molar-refractivity contribution in [3.8, 4) is 5.75 Å². The van der Waals surface area contributed by atoms with Crippen LogP contribution in [0.25, 0.3) is 10.2 Å². The van der Waals surface area contributed by atoms with Crippen molar-refractivity contribution >= 4 is 42.4 Å². The molecule has 0 spiro atoms. The molecule has 0 radical (unpaired) electrons. The molecular formula is C25H25N3O4S2. The Kier molecular flexibility index (Phi) is 6.95. The van der Waals surface area contributed by atoms with Gasteiger partial charge in [-0.1, -0.05) is 29.5 Å². The Labute approximate surface area is 203 Å². The normalized spacial score (nSPS) is 11.6. The molecule has 7 nitrogen and oxygen atoms in total. The summed E-state index contributed by atoms with van der Waals surface area (Å²) in [6.07, 6.45) is 1.79. The number of nitrogens with zero attached hydrogens (tertiary/aromatic N) is 3. The number of benzene rings is 2. The van der Waals surface area contributed by atoms with E-state index >= 15 is 0 Å². The molecule has 0 aliphatic rings. The first kappa shape index (κ1) is 23.8. The van der Waals surface area contributed by atoms with Crippen molar-refractivity contribution in [2.75, 3.05) is 12.0 Å². The summed E-state index contributed by atoms with van der Waals surface area (Å²) in [5.41, 5.74) is 2.22. The van der Waals surface area contributed by atoms with Gasteiger partial charge in [-0.15, -0.1) is 0 Å². The number of anilines is 1. The quantitative estimate of drug-likeness (QED) is 0.353. The minimum Gasteiger partial charge on any atom is -0.497 e. The first-order chi connectivity index (χ1) is 16.3. The van der Waals surface area contributed by atoms with Crippen LogP contribution in [0, 0.1) is 0 Å². The fourth-order valence-corrected chi connectivity index (χ4v) is 5.42. The summed E-state index contributed by atoms with van der Waals surface area (Å²) in [5, 5.41) is 0.0596. The maximum absolute atomic E-state index is 13.4. The van der Waals surface area contributed by atoms with E-state index in [9.17, 15) is 13.2 Å². The Morgan fingerprint density at radius 1 is 1.09 bits per heavy atom. The van der Waals surface area contributed by atoms with Gasteiger partial charge in [0, 0.05) is 12.3 Å². The van der Waals surface area contributed by atoms with Crippen molar-refractivity contribution < 1.29 is 17.9 Å². The monoisotopic (exact) mass is 495 g/mol. The van der Waals surface area contributed by atoms with E-state index in [-0.39, 0.29) is 23.8 Å². The lowest BCUT2D eigenvalue weighted by molar-refractivity contribution is -0.118. The number of ether oxygens (including phenoxy) is 1. The fraction of sp³-hybridized carbons (Fsp3) is 0.240. The van der Waals surface area contributed by atoms with E-state index in [0.717, 1.165) is 21.5 Å². The lowest BCUT2D eigenvalue weighted by atomic mass is 10.1. The van der Waals surface area contributed by atoms with Crippen LogP contribution >= 0.6 is 11.3 Å². The average molecular weight is 496 g/mol. The molecule has 9 heteroatoms. The van der Waals surface area contributed by atoms with E-state index in [1.165, 1.54) is 11.3 Å². The van der Waals surface area contributed by atoms with Crippen LogP contribution in [0.1, 0.15) is 25.1 Å². The van der Waals surface area contributed by atoms with Gasteiger partial charge in [0.1, 0.15) is 5.75 Å². The Balaban J connectivity index is 1.63. The van der Waals surface area contributed by atoms with Crippen LogP contribution in [-0.4, -0.2) is 36.7 Å². The van der Waals surface area contributed by atoms with Crippen LogP contribution in [0.2, 0.25) is 0 Å². The number of hydrogen-bond donors (Lipinski definition) is 0. The molecule has 0 unspecified atom stereocenters. The number of fused-ring (bicyclic) bond motifs is 1. The fourth-order valence-electron chi connectivity index (χ4n) is 3.39. The van der Waals surface area contributed by atoms with Gasteiger partial charge in [0.15, 0.2) is 15.0 Å². The van der Waals surface area contributed by atoms with Crippen molar-refractivity contribution in [1.82, 2.24) is 9.97 Å². The molecule has 4 rings (SSSR count). The summed E-state index contributed by atoms with van der Waals surface area (Å²) in [4.78, 5) is 24.4.